The molecule has 1 aliphatic rings. The molecule has 0 aromatic rings. The normalized spacial score (nSPS) is 18.3. The van der Waals surface area contributed by atoms with E-state index in [1.807, 2.05) is 0 Å². The fourth-order valence-electron chi connectivity index (χ4n) is 1.23. The Balaban J connectivity index is 2.42. The van der Waals surface area contributed by atoms with E-state index in [-0.39, 0.29) is 5.91 Å². The van der Waals surface area contributed by atoms with Gasteiger partial charge < -0.3 is 11.1 Å². The van der Waals surface area contributed by atoms with Crippen molar-refractivity contribution in [3.63, 3.8) is 0 Å². The molecule has 1 unspecified atom stereocenters. The molecular formula is C10H19N3O2. The van der Waals surface area contributed by atoms with Gasteiger partial charge in [-0.25, -0.2) is 0 Å². The molecule has 0 heterocycles. The maximum absolute atomic E-state index is 11.6. The average molecular weight is 213 g/mol. The molecule has 0 aliphatic heterocycles. The number of hydrogen-bond acceptors (Lipinski definition) is 3. The fraction of sp³-hybridized carbons (Fsp3) is 0.800. The van der Waals surface area contributed by atoms with Crippen molar-refractivity contribution in [1.29, 1.82) is 0 Å². The van der Waals surface area contributed by atoms with E-state index >= 15 is 0 Å². The monoisotopic (exact) mass is 213 g/mol. The van der Waals surface area contributed by atoms with E-state index in [0.717, 1.165) is 12.8 Å². The molecule has 0 aromatic heterocycles. The van der Waals surface area contributed by atoms with Crippen LogP contribution in [0, 0.1) is 0 Å². The van der Waals surface area contributed by atoms with E-state index in [1.165, 1.54) is 0 Å². The first-order valence-corrected chi connectivity index (χ1v) is 5.21. The third-order valence-corrected chi connectivity index (χ3v) is 2.51. The van der Waals surface area contributed by atoms with E-state index in [2.05, 4.69) is 10.6 Å². The lowest BCUT2D eigenvalue weighted by molar-refractivity contribution is -0.126. The fourth-order valence-corrected chi connectivity index (χ4v) is 1.23. The largest absolute Gasteiger partial charge is 0.368 e. The van der Waals surface area contributed by atoms with Gasteiger partial charge in [-0.1, -0.05) is 0 Å². The molecule has 1 atom stereocenters. The molecule has 5 nitrogen and oxygen atoms in total. The summed E-state index contributed by atoms with van der Waals surface area (Å²) in [6.45, 7) is 5.05. The van der Waals surface area contributed by atoms with Gasteiger partial charge in [0.2, 0.25) is 11.8 Å². The van der Waals surface area contributed by atoms with Gasteiger partial charge in [0.05, 0.1) is 11.6 Å². The molecule has 1 rings (SSSR count). The standard InChI is InChI=1S/C10H19N3O2/c1-6(8(14)12-7-4-5-7)13-10(2,3)9(11)15/h6-7,13H,4-5H2,1-3H3,(H2,11,15)(H,12,14). The molecular weight excluding hydrogens is 194 g/mol. The lowest BCUT2D eigenvalue weighted by Crippen LogP contribution is -2.57. The molecule has 1 fully saturated rings. The van der Waals surface area contributed by atoms with Crippen molar-refractivity contribution in [2.45, 2.75) is 51.2 Å². The Labute approximate surface area is 89.8 Å². The van der Waals surface area contributed by atoms with Crippen LogP contribution < -0.4 is 16.4 Å². The second-order valence-corrected chi connectivity index (χ2v) is 4.64. The van der Waals surface area contributed by atoms with Gasteiger partial charge >= 0.3 is 0 Å². The summed E-state index contributed by atoms with van der Waals surface area (Å²) < 4.78 is 0. The number of rotatable bonds is 5. The predicted molar refractivity (Wildman–Crippen MR) is 57.0 cm³/mol. The Morgan fingerprint density at radius 1 is 1.40 bits per heavy atom. The minimum Gasteiger partial charge on any atom is -0.368 e. The Bertz CT molecular complexity index is 272. The molecule has 1 aliphatic carbocycles. The summed E-state index contributed by atoms with van der Waals surface area (Å²) in [5.74, 6) is -0.541. The molecule has 0 spiro atoms. The van der Waals surface area contributed by atoms with E-state index < -0.39 is 17.5 Å². The van der Waals surface area contributed by atoms with Crippen LogP contribution in [0.3, 0.4) is 0 Å². The summed E-state index contributed by atoms with van der Waals surface area (Å²) in [7, 11) is 0. The van der Waals surface area contributed by atoms with Crippen LogP contribution in [0.2, 0.25) is 0 Å². The molecule has 1 saturated carbocycles. The topological polar surface area (TPSA) is 84.2 Å². The number of primary amides is 1. The van der Waals surface area contributed by atoms with Crippen molar-refractivity contribution in [1.82, 2.24) is 10.6 Å². The van der Waals surface area contributed by atoms with Crippen LogP contribution in [0.5, 0.6) is 0 Å². The van der Waals surface area contributed by atoms with Crippen LogP contribution in [0.15, 0.2) is 0 Å². The second-order valence-electron chi connectivity index (χ2n) is 4.64. The van der Waals surface area contributed by atoms with E-state index in [1.54, 1.807) is 20.8 Å². The number of carbonyl (C=O) groups excluding carboxylic acids is 2. The maximum Gasteiger partial charge on any atom is 0.237 e. The van der Waals surface area contributed by atoms with Gasteiger partial charge in [-0.2, -0.15) is 0 Å². The Morgan fingerprint density at radius 3 is 2.33 bits per heavy atom. The summed E-state index contributed by atoms with van der Waals surface area (Å²) in [5.41, 5.74) is 4.34. The van der Waals surface area contributed by atoms with Crippen molar-refractivity contribution in [3.05, 3.63) is 0 Å². The highest BCUT2D eigenvalue weighted by Gasteiger charge is 2.31. The summed E-state index contributed by atoms with van der Waals surface area (Å²) in [6.07, 6.45) is 2.11. The molecule has 86 valence electrons. The van der Waals surface area contributed by atoms with Crippen molar-refractivity contribution < 1.29 is 9.59 Å². The lowest BCUT2D eigenvalue weighted by Gasteiger charge is -2.26. The van der Waals surface area contributed by atoms with Gasteiger partial charge in [-0.05, 0) is 33.6 Å². The summed E-state index contributed by atoms with van der Waals surface area (Å²) in [6, 6.07) is -0.0773. The average Bonchev–Trinajstić information content (AvgIpc) is 2.86. The van der Waals surface area contributed by atoms with Crippen LogP contribution in [0.4, 0.5) is 0 Å². The van der Waals surface area contributed by atoms with Gasteiger partial charge in [-0.3, -0.25) is 14.9 Å². The van der Waals surface area contributed by atoms with Gasteiger partial charge in [0, 0.05) is 6.04 Å². The van der Waals surface area contributed by atoms with Crippen molar-refractivity contribution in [2.24, 2.45) is 5.73 Å². The van der Waals surface area contributed by atoms with Gasteiger partial charge in [-0.15, -0.1) is 0 Å². The van der Waals surface area contributed by atoms with Crippen LogP contribution in [0.1, 0.15) is 33.6 Å². The molecule has 0 aromatic carbocycles. The first kappa shape index (κ1) is 12.0. The van der Waals surface area contributed by atoms with Gasteiger partial charge in [0.1, 0.15) is 0 Å². The number of nitrogens with one attached hydrogen (secondary N) is 2. The number of amides is 2. The first-order chi connectivity index (χ1) is 6.83. The third kappa shape index (κ3) is 3.51. The molecule has 5 heteroatoms. The van der Waals surface area contributed by atoms with Crippen molar-refractivity contribution in [3.8, 4) is 0 Å². The second kappa shape index (κ2) is 4.18. The quantitative estimate of drug-likeness (QED) is 0.576. The summed E-state index contributed by atoms with van der Waals surface area (Å²) in [5, 5.41) is 5.76. The molecule has 15 heavy (non-hydrogen) atoms. The molecule has 0 radical (unpaired) electrons. The number of carbonyl (C=O) groups is 2. The van der Waals surface area contributed by atoms with Crippen LogP contribution >= 0.6 is 0 Å². The third-order valence-electron chi connectivity index (χ3n) is 2.51. The van der Waals surface area contributed by atoms with Gasteiger partial charge in [0.15, 0.2) is 0 Å². The van der Waals surface area contributed by atoms with Crippen LogP contribution in [0.25, 0.3) is 0 Å². The highest BCUT2D eigenvalue weighted by molar-refractivity contribution is 5.86. The van der Waals surface area contributed by atoms with Crippen molar-refractivity contribution in [2.75, 3.05) is 0 Å². The zero-order valence-corrected chi connectivity index (χ0v) is 9.46. The van der Waals surface area contributed by atoms with Gasteiger partial charge in [0.25, 0.3) is 0 Å². The highest BCUT2D eigenvalue weighted by Crippen LogP contribution is 2.18. The van der Waals surface area contributed by atoms with Crippen molar-refractivity contribution >= 4 is 11.8 Å². The zero-order valence-electron chi connectivity index (χ0n) is 9.46. The molecule has 0 bridgehead atoms. The SMILES string of the molecule is CC(NC(C)(C)C(N)=O)C(=O)NC1CC1. The summed E-state index contributed by atoms with van der Waals surface area (Å²) in [4.78, 5) is 22.6. The smallest absolute Gasteiger partial charge is 0.237 e. The minimum absolute atomic E-state index is 0.0770. The number of nitrogens with two attached hydrogens (primary N) is 1. The van der Waals surface area contributed by atoms with Crippen LogP contribution in [-0.2, 0) is 9.59 Å². The summed E-state index contributed by atoms with van der Waals surface area (Å²) >= 11 is 0. The predicted octanol–water partition coefficient (Wildman–Crippen LogP) is -0.493. The van der Waals surface area contributed by atoms with Crippen LogP contribution in [-0.4, -0.2) is 29.4 Å². The molecule has 2 amide bonds. The molecule has 4 N–H and O–H groups in total. The molecule has 0 saturated heterocycles. The zero-order chi connectivity index (χ0) is 11.6. The minimum atomic E-state index is -0.861. The highest BCUT2D eigenvalue weighted by atomic mass is 16.2. The Morgan fingerprint density at radius 2 is 1.93 bits per heavy atom. The Kier molecular flexibility index (Phi) is 3.34. The lowest BCUT2D eigenvalue weighted by atomic mass is 10.0. The first-order valence-electron chi connectivity index (χ1n) is 5.21. The Hall–Kier alpha value is -1.10. The maximum atomic E-state index is 11.6. The van der Waals surface area contributed by atoms with E-state index in [4.69, 9.17) is 5.73 Å². The van der Waals surface area contributed by atoms with E-state index in [0.29, 0.717) is 6.04 Å². The van der Waals surface area contributed by atoms with E-state index in [9.17, 15) is 9.59 Å². The number of hydrogen-bond donors (Lipinski definition) is 3.